The Morgan fingerprint density at radius 1 is 0.607 bits per heavy atom. The van der Waals surface area contributed by atoms with Crippen LogP contribution in [0.15, 0.2) is 0 Å². The van der Waals surface area contributed by atoms with Gasteiger partial charge in [0.25, 0.3) is 0 Å². The predicted octanol–water partition coefficient (Wildman–Crippen LogP) is -1.10. The predicted molar refractivity (Wildman–Crippen MR) is 104 cm³/mol. The van der Waals surface area contributed by atoms with E-state index in [1.807, 2.05) is 0 Å². The molecule has 0 aliphatic rings. The lowest BCUT2D eigenvalue weighted by atomic mass is 10.3. The maximum absolute atomic E-state index is 11.9. The van der Waals surface area contributed by atoms with Crippen molar-refractivity contribution in [3.05, 3.63) is 0 Å². The van der Waals surface area contributed by atoms with Gasteiger partial charge in [0.2, 0.25) is 29.5 Å². The first-order chi connectivity index (χ1) is 13.3. The molecule has 4 N–H and O–H groups in total. The molecule has 28 heavy (non-hydrogen) atoms. The molecule has 0 unspecified atom stereocenters. The summed E-state index contributed by atoms with van der Waals surface area (Å²) in [5.41, 5.74) is 0. The van der Waals surface area contributed by atoms with Crippen LogP contribution in [0.2, 0.25) is 0 Å². The molecule has 0 aliphatic carbocycles. The Bertz CT molecular complexity index is 498. The number of carbonyl (C=O) groups is 5. The molecule has 0 spiro atoms. The first kappa shape index (κ1) is 25.4. The van der Waals surface area contributed by atoms with Crippen molar-refractivity contribution in [1.29, 1.82) is 0 Å². The van der Waals surface area contributed by atoms with Gasteiger partial charge in [-0.25, -0.2) is 0 Å². The molecule has 0 aromatic carbocycles. The van der Waals surface area contributed by atoms with Crippen LogP contribution in [0.1, 0.15) is 46.5 Å². The van der Waals surface area contributed by atoms with Crippen molar-refractivity contribution < 1.29 is 24.0 Å². The topological polar surface area (TPSA) is 137 Å². The summed E-state index contributed by atoms with van der Waals surface area (Å²) in [6.45, 7) is 6.04. The highest BCUT2D eigenvalue weighted by atomic mass is 16.2. The zero-order chi connectivity index (χ0) is 21.4. The van der Waals surface area contributed by atoms with Gasteiger partial charge in [0.1, 0.15) is 13.1 Å². The molecule has 0 saturated heterocycles. The molecule has 10 heteroatoms. The van der Waals surface area contributed by atoms with E-state index >= 15 is 0 Å². The first-order valence-electron chi connectivity index (χ1n) is 9.62. The minimum atomic E-state index is -0.379. The third-order valence-electron chi connectivity index (χ3n) is 3.75. The van der Waals surface area contributed by atoms with Gasteiger partial charge in [-0.1, -0.05) is 13.8 Å². The second-order valence-electron chi connectivity index (χ2n) is 6.19. The van der Waals surface area contributed by atoms with Crippen LogP contribution >= 0.6 is 0 Å². The van der Waals surface area contributed by atoms with E-state index in [1.165, 1.54) is 6.92 Å². The van der Waals surface area contributed by atoms with Gasteiger partial charge in [0.15, 0.2) is 0 Å². The van der Waals surface area contributed by atoms with E-state index in [2.05, 4.69) is 21.3 Å². The molecule has 0 rings (SSSR count). The summed E-state index contributed by atoms with van der Waals surface area (Å²) < 4.78 is 0. The highest BCUT2D eigenvalue weighted by Gasteiger charge is 2.16. The number of nitrogens with zero attached hydrogens (tertiary/aromatic N) is 1. The van der Waals surface area contributed by atoms with Gasteiger partial charge < -0.3 is 26.2 Å². The smallest absolute Gasteiger partial charge is 0.239 e. The zero-order valence-electron chi connectivity index (χ0n) is 17.1. The van der Waals surface area contributed by atoms with Gasteiger partial charge in [-0.2, -0.15) is 0 Å². The highest BCUT2D eigenvalue weighted by molar-refractivity contribution is 5.88. The summed E-state index contributed by atoms with van der Waals surface area (Å²) in [5.74, 6) is -1.21. The van der Waals surface area contributed by atoms with E-state index in [9.17, 15) is 24.0 Å². The molecule has 0 aromatic rings. The first-order valence-corrected chi connectivity index (χ1v) is 9.62. The Labute approximate surface area is 166 Å². The quantitative estimate of drug-likeness (QED) is 0.275. The molecule has 0 atom stereocenters. The molecule has 0 saturated carbocycles. The van der Waals surface area contributed by atoms with Crippen LogP contribution in [-0.4, -0.2) is 73.7 Å². The van der Waals surface area contributed by atoms with Crippen molar-refractivity contribution in [1.82, 2.24) is 26.2 Å². The van der Waals surface area contributed by atoms with Crippen molar-refractivity contribution in [2.45, 2.75) is 46.5 Å². The Morgan fingerprint density at radius 3 is 1.21 bits per heavy atom. The summed E-state index contributed by atoms with van der Waals surface area (Å²) in [6, 6.07) is 0. The molecule has 0 heterocycles. The van der Waals surface area contributed by atoms with Crippen molar-refractivity contribution in [2.24, 2.45) is 0 Å². The lowest BCUT2D eigenvalue weighted by Gasteiger charge is -2.20. The van der Waals surface area contributed by atoms with E-state index in [0.29, 0.717) is 51.9 Å². The second kappa shape index (κ2) is 15.4. The maximum Gasteiger partial charge on any atom is 0.239 e. The molecule has 0 fully saturated rings. The van der Waals surface area contributed by atoms with E-state index in [1.54, 1.807) is 13.8 Å². The summed E-state index contributed by atoms with van der Waals surface area (Å²) in [6.07, 6.45) is 1.98. The van der Waals surface area contributed by atoms with Crippen LogP contribution in [0.25, 0.3) is 0 Å². The van der Waals surface area contributed by atoms with Crippen molar-refractivity contribution in [3.63, 3.8) is 0 Å². The summed E-state index contributed by atoms with van der Waals surface area (Å²) in [4.78, 5) is 58.8. The standard InChI is InChI=1S/C18H33N5O5/c1-4-15(25)19-8-6-10-21-17(27)12-23(14(3)24)13-18(28)22-11-7-9-20-16(26)5-2/h4-13H2,1-3H3,(H,19,25)(H,20,26)(H,21,27)(H,22,28). The molecule has 0 aromatic heterocycles. The molecule has 5 amide bonds. The van der Waals surface area contributed by atoms with Gasteiger partial charge >= 0.3 is 0 Å². The van der Waals surface area contributed by atoms with E-state index in [-0.39, 0.29) is 42.6 Å². The van der Waals surface area contributed by atoms with Crippen LogP contribution in [-0.2, 0) is 24.0 Å². The van der Waals surface area contributed by atoms with Crippen molar-refractivity contribution >= 4 is 29.5 Å². The molecule has 0 aliphatic heterocycles. The summed E-state index contributed by atoms with van der Waals surface area (Å²) in [7, 11) is 0. The highest BCUT2D eigenvalue weighted by Crippen LogP contribution is 1.91. The third kappa shape index (κ3) is 13.5. The van der Waals surface area contributed by atoms with Crippen LogP contribution in [0.4, 0.5) is 0 Å². The lowest BCUT2D eigenvalue weighted by molar-refractivity contribution is -0.137. The largest absolute Gasteiger partial charge is 0.356 e. The SMILES string of the molecule is CCC(=O)NCCCNC(=O)CN(CC(=O)NCCCNC(=O)CC)C(C)=O. The molecule has 0 bridgehead atoms. The van der Waals surface area contributed by atoms with Crippen LogP contribution < -0.4 is 21.3 Å². The maximum atomic E-state index is 11.9. The van der Waals surface area contributed by atoms with Crippen LogP contribution in [0.5, 0.6) is 0 Å². The number of nitrogens with one attached hydrogen (secondary N) is 4. The van der Waals surface area contributed by atoms with Crippen LogP contribution in [0.3, 0.4) is 0 Å². The lowest BCUT2D eigenvalue weighted by Crippen LogP contribution is -2.45. The fourth-order valence-electron chi connectivity index (χ4n) is 2.08. The van der Waals surface area contributed by atoms with Crippen LogP contribution in [0, 0.1) is 0 Å². The Balaban J connectivity index is 4.04. The third-order valence-corrected chi connectivity index (χ3v) is 3.75. The van der Waals surface area contributed by atoms with Gasteiger partial charge in [-0.05, 0) is 12.8 Å². The summed E-state index contributed by atoms with van der Waals surface area (Å²) >= 11 is 0. The van der Waals surface area contributed by atoms with Crippen molar-refractivity contribution in [2.75, 3.05) is 39.3 Å². The normalized spacial score (nSPS) is 9.96. The average molecular weight is 399 g/mol. The molecule has 160 valence electrons. The number of rotatable bonds is 14. The second-order valence-corrected chi connectivity index (χ2v) is 6.19. The van der Waals surface area contributed by atoms with Gasteiger partial charge in [0.05, 0.1) is 0 Å². The Hall–Kier alpha value is -2.65. The molecular weight excluding hydrogens is 366 g/mol. The number of carbonyl (C=O) groups excluding carboxylic acids is 5. The van der Waals surface area contributed by atoms with E-state index in [4.69, 9.17) is 0 Å². The fourth-order valence-corrected chi connectivity index (χ4v) is 2.08. The van der Waals surface area contributed by atoms with E-state index < -0.39 is 0 Å². The zero-order valence-corrected chi connectivity index (χ0v) is 17.1. The summed E-state index contributed by atoms with van der Waals surface area (Å²) in [5, 5.41) is 10.7. The Morgan fingerprint density at radius 2 is 0.929 bits per heavy atom. The molecule has 10 nitrogen and oxygen atoms in total. The van der Waals surface area contributed by atoms with Gasteiger partial charge in [-0.15, -0.1) is 0 Å². The number of hydrogen-bond acceptors (Lipinski definition) is 5. The minimum absolute atomic E-state index is 0.0483. The Kier molecular flexibility index (Phi) is 14.0. The van der Waals surface area contributed by atoms with Gasteiger partial charge in [0, 0.05) is 45.9 Å². The van der Waals surface area contributed by atoms with E-state index in [0.717, 1.165) is 4.90 Å². The van der Waals surface area contributed by atoms with Crippen molar-refractivity contribution in [3.8, 4) is 0 Å². The average Bonchev–Trinajstić information content (AvgIpc) is 2.66. The number of amides is 5. The minimum Gasteiger partial charge on any atom is -0.356 e. The monoisotopic (exact) mass is 399 g/mol. The molecular formula is C18H33N5O5. The molecule has 0 radical (unpaired) electrons. The fraction of sp³-hybridized carbons (Fsp3) is 0.722. The van der Waals surface area contributed by atoms with Gasteiger partial charge in [-0.3, -0.25) is 24.0 Å². The number of hydrogen-bond donors (Lipinski definition) is 4.